The van der Waals surface area contributed by atoms with E-state index >= 15 is 0 Å². The van der Waals surface area contributed by atoms with E-state index in [2.05, 4.69) is 15.0 Å². The fourth-order valence-corrected chi connectivity index (χ4v) is 6.15. The molecule has 0 saturated carbocycles. The van der Waals surface area contributed by atoms with Crippen LogP contribution in [-0.2, 0) is 23.1 Å². The lowest BCUT2D eigenvalue weighted by Gasteiger charge is -2.31. The first-order valence-electron chi connectivity index (χ1n) is 11.6. The summed E-state index contributed by atoms with van der Waals surface area (Å²) in [5.74, 6) is 0.0278. The molecule has 1 aromatic carbocycles. The highest BCUT2D eigenvalue weighted by atomic mass is 32.2. The standard InChI is InChI=1S/C23H27FN4O5S/c1-14-17(23(29)28-9-2-3-20(22(28)25-14)34(30,31)32)8-12-27-10-6-15(7-11-27)21-18-5-4-16(24)13-19(18)33-26-21/h4-5,13,15,20H,2-3,6-12H2,1H3,(H,30,31,32)/t20-/m0/s1. The molecule has 2 aromatic heterocycles. The number of piperidine rings is 1. The highest BCUT2D eigenvalue weighted by Gasteiger charge is 2.34. The van der Waals surface area contributed by atoms with Gasteiger partial charge in [0.2, 0.25) is 0 Å². The molecule has 5 rings (SSSR count). The quantitative estimate of drug-likeness (QED) is 0.542. The Hall–Kier alpha value is -2.63. The van der Waals surface area contributed by atoms with Gasteiger partial charge < -0.3 is 9.42 Å². The topological polar surface area (TPSA) is 119 Å². The van der Waals surface area contributed by atoms with Crippen molar-refractivity contribution in [1.82, 2.24) is 19.6 Å². The van der Waals surface area contributed by atoms with Crippen LogP contribution in [0.2, 0.25) is 0 Å². The maximum absolute atomic E-state index is 13.4. The Bertz CT molecular complexity index is 1390. The van der Waals surface area contributed by atoms with Crippen molar-refractivity contribution in [3.05, 3.63) is 57.1 Å². The number of likely N-dealkylation sites (tertiary alicyclic amines) is 1. The van der Waals surface area contributed by atoms with Crippen LogP contribution in [0.25, 0.3) is 11.0 Å². The summed E-state index contributed by atoms with van der Waals surface area (Å²) in [6.07, 6.45) is 3.05. The van der Waals surface area contributed by atoms with E-state index in [1.54, 1.807) is 13.0 Å². The van der Waals surface area contributed by atoms with Crippen molar-refractivity contribution in [2.45, 2.75) is 56.7 Å². The molecule has 0 unspecified atom stereocenters. The Morgan fingerprint density at radius 1 is 1.21 bits per heavy atom. The third-order valence-corrected chi connectivity index (χ3v) is 8.27. The van der Waals surface area contributed by atoms with Crippen molar-refractivity contribution in [2.24, 2.45) is 0 Å². The summed E-state index contributed by atoms with van der Waals surface area (Å²) in [5.41, 5.74) is 2.22. The lowest BCUT2D eigenvalue weighted by atomic mass is 9.91. The minimum Gasteiger partial charge on any atom is -0.356 e. The molecule has 0 bridgehead atoms. The summed E-state index contributed by atoms with van der Waals surface area (Å²) < 4.78 is 53.2. The van der Waals surface area contributed by atoms with E-state index in [4.69, 9.17) is 4.52 Å². The number of hydrogen-bond donors (Lipinski definition) is 1. The number of nitrogens with zero attached hydrogens (tertiary/aromatic N) is 4. The van der Waals surface area contributed by atoms with E-state index in [-0.39, 0.29) is 29.5 Å². The van der Waals surface area contributed by atoms with Crippen LogP contribution in [0.1, 0.15) is 59.6 Å². The minimum atomic E-state index is -4.32. The van der Waals surface area contributed by atoms with Gasteiger partial charge in [-0.05, 0) is 64.3 Å². The summed E-state index contributed by atoms with van der Waals surface area (Å²) in [6, 6.07) is 4.49. The predicted octanol–water partition coefficient (Wildman–Crippen LogP) is 2.98. The Morgan fingerprint density at radius 3 is 2.71 bits per heavy atom. The fourth-order valence-electron chi connectivity index (χ4n) is 5.24. The van der Waals surface area contributed by atoms with Crippen molar-refractivity contribution < 1.29 is 21.9 Å². The van der Waals surface area contributed by atoms with E-state index in [1.807, 2.05) is 0 Å². The Morgan fingerprint density at radius 2 is 1.97 bits per heavy atom. The van der Waals surface area contributed by atoms with Crippen molar-refractivity contribution in [2.75, 3.05) is 19.6 Å². The van der Waals surface area contributed by atoms with Gasteiger partial charge in [0.15, 0.2) is 5.58 Å². The van der Waals surface area contributed by atoms with E-state index in [0.29, 0.717) is 42.8 Å². The monoisotopic (exact) mass is 490 g/mol. The third-order valence-electron chi connectivity index (χ3n) is 7.11. The second kappa shape index (κ2) is 8.86. The van der Waals surface area contributed by atoms with E-state index in [0.717, 1.165) is 37.0 Å². The molecule has 9 nitrogen and oxygen atoms in total. The molecule has 2 aliphatic heterocycles. The van der Waals surface area contributed by atoms with Crippen molar-refractivity contribution in [3.63, 3.8) is 0 Å². The summed E-state index contributed by atoms with van der Waals surface area (Å²) in [6.45, 7) is 4.49. The number of aromatic nitrogens is 3. The van der Waals surface area contributed by atoms with Crippen LogP contribution >= 0.6 is 0 Å². The van der Waals surface area contributed by atoms with Crippen LogP contribution < -0.4 is 5.56 Å². The van der Waals surface area contributed by atoms with Gasteiger partial charge in [0, 0.05) is 41.7 Å². The average molecular weight is 491 g/mol. The van der Waals surface area contributed by atoms with E-state index < -0.39 is 15.4 Å². The number of rotatable bonds is 5. The zero-order valence-corrected chi connectivity index (χ0v) is 19.7. The second-order valence-corrected chi connectivity index (χ2v) is 10.8. The first-order chi connectivity index (χ1) is 16.2. The normalized spacial score (nSPS) is 20.0. The van der Waals surface area contributed by atoms with Gasteiger partial charge in [-0.25, -0.2) is 9.37 Å². The number of fused-ring (bicyclic) bond motifs is 2. The van der Waals surface area contributed by atoms with Crippen LogP contribution in [0.5, 0.6) is 0 Å². The predicted molar refractivity (Wildman–Crippen MR) is 123 cm³/mol. The van der Waals surface area contributed by atoms with Crippen LogP contribution in [0, 0.1) is 12.7 Å². The van der Waals surface area contributed by atoms with Gasteiger partial charge in [0.25, 0.3) is 15.7 Å². The molecule has 0 aliphatic carbocycles. The number of hydrogen-bond acceptors (Lipinski definition) is 7. The molecule has 0 amide bonds. The van der Waals surface area contributed by atoms with Crippen LogP contribution in [0.4, 0.5) is 4.39 Å². The number of halogens is 1. The second-order valence-electron chi connectivity index (χ2n) is 9.21. The molecule has 4 heterocycles. The summed E-state index contributed by atoms with van der Waals surface area (Å²) >= 11 is 0. The summed E-state index contributed by atoms with van der Waals surface area (Å²) in [4.78, 5) is 19.8. The van der Waals surface area contributed by atoms with E-state index in [9.17, 15) is 22.2 Å². The lowest BCUT2D eigenvalue weighted by Crippen LogP contribution is -2.38. The molecular formula is C23H27FN4O5S. The molecule has 0 spiro atoms. The fraction of sp³-hybridized carbons (Fsp3) is 0.522. The van der Waals surface area contributed by atoms with Gasteiger partial charge in [-0.3, -0.25) is 13.9 Å². The molecule has 1 N–H and O–H groups in total. The minimum absolute atomic E-state index is 0.139. The Labute approximate surface area is 196 Å². The maximum atomic E-state index is 13.4. The van der Waals surface area contributed by atoms with Gasteiger partial charge in [-0.2, -0.15) is 8.42 Å². The summed E-state index contributed by atoms with van der Waals surface area (Å²) in [7, 11) is -4.32. The lowest BCUT2D eigenvalue weighted by molar-refractivity contribution is 0.211. The van der Waals surface area contributed by atoms with Gasteiger partial charge >= 0.3 is 0 Å². The molecule has 1 atom stereocenters. The van der Waals surface area contributed by atoms with Gasteiger partial charge in [-0.1, -0.05) is 5.16 Å². The van der Waals surface area contributed by atoms with Crippen LogP contribution in [0.15, 0.2) is 27.5 Å². The van der Waals surface area contributed by atoms with Crippen molar-refractivity contribution in [3.8, 4) is 0 Å². The maximum Gasteiger partial charge on any atom is 0.275 e. The van der Waals surface area contributed by atoms with Gasteiger partial charge in [0.1, 0.15) is 16.9 Å². The van der Waals surface area contributed by atoms with Crippen LogP contribution in [-0.4, -0.2) is 52.2 Å². The Kier molecular flexibility index (Phi) is 6.03. The highest BCUT2D eigenvalue weighted by molar-refractivity contribution is 7.86. The van der Waals surface area contributed by atoms with E-state index in [1.165, 1.54) is 16.7 Å². The van der Waals surface area contributed by atoms with Gasteiger partial charge in [-0.15, -0.1) is 0 Å². The smallest absolute Gasteiger partial charge is 0.275 e. The molecule has 34 heavy (non-hydrogen) atoms. The number of aryl methyl sites for hydroxylation is 1. The van der Waals surface area contributed by atoms with Crippen LogP contribution in [0.3, 0.4) is 0 Å². The molecule has 2 aliphatic rings. The SMILES string of the molecule is Cc1nc2n(c(=O)c1CCN1CCC(c3noc4cc(F)ccc34)CC1)CCC[C@@H]2S(=O)(=O)O. The first-order valence-corrected chi connectivity index (χ1v) is 13.1. The highest BCUT2D eigenvalue weighted by Crippen LogP contribution is 2.33. The number of benzene rings is 1. The summed E-state index contributed by atoms with van der Waals surface area (Å²) in [5, 5.41) is 3.90. The zero-order chi connectivity index (χ0) is 24.0. The molecule has 1 fully saturated rings. The molecular weight excluding hydrogens is 463 g/mol. The molecule has 182 valence electrons. The molecule has 0 radical (unpaired) electrons. The first kappa shape index (κ1) is 23.1. The Balaban J connectivity index is 1.26. The third kappa shape index (κ3) is 4.27. The largest absolute Gasteiger partial charge is 0.356 e. The molecule has 11 heteroatoms. The van der Waals surface area contributed by atoms with Crippen molar-refractivity contribution >= 4 is 21.1 Å². The average Bonchev–Trinajstić information content (AvgIpc) is 3.21. The molecule has 1 saturated heterocycles. The van der Waals surface area contributed by atoms with Gasteiger partial charge in [0.05, 0.1) is 5.69 Å². The zero-order valence-electron chi connectivity index (χ0n) is 18.9. The molecule has 3 aromatic rings. The van der Waals surface area contributed by atoms with Crippen molar-refractivity contribution in [1.29, 1.82) is 0 Å².